The molecule has 1 aliphatic rings. The van der Waals surface area contributed by atoms with Crippen LogP contribution in [0.5, 0.6) is 0 Å². The third kappa shape index (κ3) is 6.47. The van der Waals surface area contributed by atoms with Crippen LogP contribution in [0.2, 0.25) is 5.02 Å². The first kappa shape index (κ1) is 21.6. The molecular weight excluding hydrogens is 364 g/mol. The minimum Gasteiger partial charge on any atom is -0.449 e. The number of amides is 1. The smallest absolute Gasteiger partial charge is 0.409 e. The maximum atomic E-state index is 12.1. The highest BCUT2D eigenvalue weighted by Gasteiger charge is 2.24. The van der Waals surface area contributed by atoms with E-state index in [0.717, 1.165) is 42.6 Å². The quantitative estimate of drug-likeness (QED) is 0.763. The van der Waals surface area contributed by atoms with E-state index in [1.807, 2.05) is 26.0 Å². The van der Waals surface area contributed by atoms with E-state index in [-0.39, 0.29) is 6.09 Å². The summed E-state index contributed by atoms with van der Waals surface area (Å²) in [5.74, 6) is 0.350. The second-order valence-electron chi connectivity index (χ2n) is 7.77. The lowest BCUT2D eigenvalue weighted by Crippen LogP contribution is -2.49. The number of hydrogen-bond donors (Lipinski definition) is 1. The Kier molecular flexibility index (Phi) is 8.05. The molecule has 1 fully saturated rings. The fourth-order valence-electron chi connectivity index (χ4n) is 3.05. The van der Waals surface area contributed by atoms with Crippen LogP contribution in [0.4, 0.5) is 16.2 Å². The minimum absolute atomic E-state index is 0.211. The molecule has 0 unspecified atom stereocenters. The topological polar surface area (TPSA) is 48.0 Å². The molecule has 6 nitrogen and oxygen atoms in total. The molecule has 1 aromatic carbocycles. The molecule has 0 radical (unpaired) electrons. The van der Waals surface area contributed by atoms with Crippen molar-refractivity contribution in [2.24, 2.45) is 5.92 Å². The standard InChI is InChI=1S/C20H33ClN4O2/c1-15(2)14-27-20(26)25-10-8-24(9-11-25)19-13-17(21)12-18(16(19)3)22-6-7-23(4)5/h12-13,15,22H,6-11,14H2,1-5H3. The second kappa shape index (κ2) is 10.0. The predicted octanol–water partition coefficient (Wildman–Crippen LogP) is 3.54. The zero-order chi connectivity index (χ0) is 20.0. The molecule has 0 aromatic heterocycles. The Morgan fingerprint density at radius 1 is 1.26 bits per heavy atom. The number of benzene rings is 1. The molecule has 1 aromatic rings. The highest BCUT2D eigenvalue weighted by Crippen LogP contribution is 2.32. The monoisotopic (exact) mass is 396 g/mol. The van der Waals surface area contributed by atoms with Crippen LogP contribution in [-0.2, 0) is 4.74 Å². The molecule has 152 valence electrons. The van der Waals surface area contributed by atoms with Gasteiger partial charge in [0.1, 0.15) is 0 Å². The molecule has 1 amide bonds. The summed E-state index contributed by atoms with van der Waals surface area (Å²) < 4.78 is 5.34. The lowest BCUT2D eigenvalue weighted by atomic mass is 10.1. The number of anilines is 2. The van der Waals surface area contributed by atoms with Crippen molar-refractivity contribution in [3.8, 4) is 0 Å². The molecule has 1 heterocycles. The molecule has 0 spiro atoms. The number of carbonyl (C=O) groups is 1. The summed E-state index contributed by atoms with van der Waals surface area (Å²) in [6.07, 6.45) is -0.211. The third-order valence-corrected chi connectivity index (χ3v) is 4.86. The van der Waals surface area contributed by atoms with Crippen molar-refractivity contribution in [1.82, 2.24) is 9.80 Å². The van der Waals surface area contributed by atoms with Crippen LogP contribution in [0.3, 0.4) is 0 Å². The fourth-order valence-corrected chi connectivity index (χ4v) is 3.26. The number of hydrogen-bond acceptors (Lipinski definition) is 5. The number of nitrogens with one attached hydrogen (secondary N) is 1. The minimum atomic E-state index is -0.211. The van der Waals surface area contributed by atoms with E-state index in [0.29, 0.717) is 25.6 Å². The molecule has 0 saturated carbocycles. The van der Waals surface area contributed by atoms with Crippen molar-refractivity contribution < 1.29 is 9.53 Å². The van der Waals surface area contributed by atoms with Gasteiger partial charge < -0.3 is 24.8 Å². The number of rotatable bonds is 7. The zero-order valence-corrected chi connectivity index (χ0v) is 18.0. The normalized spacial score (nSPS) is 14.8. The lowest BCUT2D eigenvalue weighted by Gasteiger charge is -2.36. The first-order valence-corrected chi connectivity index (χ1v) is 10.0. The molecule has 7 heteroatoms. The number of halogens is 1. The summed E-state index contributed by atoms with van der Waals surface area (Å²) in [5.41, 5.74) is 3.39. The average Bonchev–Trinajstić information content (AvgIpc) is 2.62. The van der Waals surface area contributed by atoms with Crippen LogP contribution in [0, 0.1) is 12.8 Å². The van der Waals surface area contributed by atoms with Gasteiger partial charge in [0.05, 0.1) is 6.61 Å². The van der Waals surface area contributed by atoms with Gasteiger partial charge in [-0.15, -0.1) is 0 Å². The Hall–Kier alpha value is -1.66. The van der Waals surface area contributed by atoms with E-state index >= 15 is 0 Å². The average molecular weight is 397 g/mol. The third-order valence-electron chi connectivity index (χ3n) is 4.64. The van der Waals surface area contributed by atoms with Crippen molar-refractivity contribution in [3.63, 3.8) is 0 Å². The number of likely N-dealkylation sites (N-methyl/N-ethyl adjacent to an activating group) is 1. The first-order chi connectivity index (χ1) is 12.8. The van der Waals surface area contributed by atoms with Gasteiger partial charge in [0.2, 0.25) is 0 Å². The highest BCUT2D eigenvalue weighted by molar-refractivity contribution is 6.31. The van der Waals surface area contributed by atoms with E-state index in [1.54, 1.807) is 4.90 Å². The van der Waals surface area contributed by atoms with Gasteiger partial charge >= 0.3 is 6.09 Å². The summed E-state index contributed by atoms with van der Waals surface area (Å²) in [5, 5.41) is 4.21. The molecule has 1 aliphatic heterocycles. The van der Waals surface area contributed by atoms with Gasteiger partial charge in [-0.3, -0.25) is 0 Å². The number of ether oxygens (including phenoxy) is 1. The van der Waals surface area contributed by atoms with E-state index in [9.17, 15) is 4.79 Å². The van der Waals surface area contributed by atoms with Crippen molar-refractivity contribution in [3.05, 3.63) is 22.7 Å². The fraction of sp³-hybridized carbons (Fsp3) is 0.650. The first-order valence-electron chi connectivity index (χ1n) is 9.63. The van der Waals surface area contributed by atoms with E-state index < -0.39 is 0 Å². The van der Waals surface area contributed by atoms with Crippen molar-refractivity contribution in [2.45, 2.75) is 20.8 Å². The molecule has 27 heavy (non-hydrogen) atoms. The van der Waals surface area contributed by atoms with Gasteiger partial charge in [0, 0.05) is 55.7 Å². The zero-order valence-electron chi connectivity index (χ0n) is 17.2. The molecule has 0 atom stereocenters. The van der Waals surface area contributed by atoms with Crippen molar-refractivity contribution >= 4 is 29.1 Å². The highest BCUT2D eigenvalue weighted by atomic mass is 35.5. The lowest BCUT2D eigenvalue weighted by molar-refractivity contribution is 0.0901. The Morgan fingerprint density at radius 3 is 2.52 bits per heavy atom. The van der Waals surface area contributed by atoms with Gasteiger partial charge in [0.25, 0.3) is 0 Å². The van der Waals surface area contributed by atoms with E-state index in [1.165, 1.54) is 5.56 Å². The predicted molar refractivity (Wildman–Crippen MR) is 113 cm³/mol. The Balaban J connectivity index is 1.98. The summed E-state index contributed by atoms with van der Waals surface area (Å²) in [6.45, 7) is 11.3. The van der Waals surface area contributed by atoms with E-state index in [2.05, 4.69) is 36.1 Å². The number of carbonyl (C=O) groups excluding carboxylic acids is 1. The van der Waals surface area contributed by atoms with Gasteiger partial charge in [-0.25, -0.2) is 4.79 Å². The van der Waals surface area contributed by atoms with Crippen LogP contribution < -0.4 is 10.2 Å². The van der Waals surface area contributed by atoms with Gasteiger partial charge in [-0.1, -0.05) is 25.4 Å². The van der Waals surface area contributed by atoms with Crippen molar-refractivity contribution in [2.75, 3.05) is 70.2 Å². The molecule has 2 rings (SSSR count). The Labute approximate surface area is 168 Å². The van der Waals surface area contributed by atoms with E-state index in [4.69, 9.17) is 16.3 Å². The summed E-state index contributed by atoms with van der Waals surface area (Å²) in [7, 11) is 4.12. The van der Waals surface area contributed by atoms with Crippen LogP contribution in [-0.4, -0.2) is 75.9 Å². The van der Waals surface area contributed by atoms with Crippen LogP contribution in [0.1, 0.15) is 19.4 Å². The maximum absolute atomic E-state index is 12.1. The number of nitrogens with zero attached hydrogens (tertiary/aromatic N) is 3. The largest absolute Gasteiger partial charge is 0.449 e. The van der Waals surface area contributed by atoms with Crippen LogP contribution >= 0.6 is 11.6 Å². The molecular formula is C20H33ClN4O2. The number of piperazine rings is 1. The van der Waals surface area contributed by atoms with Gasteiger partial charge in [-0.05, 0) is 44.6 Å². The molecule has 1 N–H and O–H groups in total. The Bertz CT molecular complexity index is 629. The summed E-state index contributed by atoms with van der Waals surface area (Å²) in [4.78, 5) is 18.4. The maximum Gasteiger partial charge on any atom is 0.409 e. The van der Waals surface area contributed by atoms with Crippen molar-refractivity contribution in [1.29, 1.82) is 0 Å². The van der Waals surface area contributed by atoms with Crippen LogP contribution in [0.15, 0.2) is 12.1 Å². The SMILES string of the molecule is Cc1c(NCCN(C)C)cc(Cl)cc1N1CCN(C(=O)OCC(C)C)CC1. The summed E-state index contributed by atoms with van der Waals surface area (Å²) >= 11 is 6.37. The van der Waals surface area contributed by atoms with Crippen LogP contribution in [0.25, 0.3) is 0 Å². The van der Waals surface area contributed by atoms with Gasteiger partial charge in [0.15, 0.2) is 0 Å². The van der Waals surface area contributed by atoms with Gasteiger partial charge in [-0.2, -0.15) is 0 Å². The molecule has 1 saturated heterocycles. The molecule has 0 aliphatic carbocycles. The molecule has 0 bridgehead atoms. The summed E-state index contributed by atoms with van der Waals surface area (Å²) in [6, 6.07) is 4.00. The second-order valence-corrected chi connectivity index (χ2v) is 8.21. The Morgan fingerprint density at radius 2 is 1.93 bits per heavy atom.